The molecule has 0 bridgehead atoms. The predicted molar refractivity (Wildman–Crippen MR) is 76.9 cm³/mol. The molecule has 1 amide bonds. The first kappa shape index (κ1) is 16.4. The number of nitrogens with one attached hydrogen (secondary N) is 1. The Morgan fingerprint density at radius 2 is 2.00 bits per heavy atom. The van der Waals surface area contributed by atoms with E-state index >= 15 is 0 Å². The van der Waals surface area contributed by atoms with Crippen LogP contribution in [-0.4, -0.2) is 18.6 Å². The van der Waals surface area contributed by atoms with Gasteiger partial charge in [0.1, 0.15) is 11.6 Å². The molecule has 0 saturated heterocycles. The highest BCUT2D eigenvalue weighted by atomic mass is 19.1. The second-order valence-corrected chi connectivity index (χ2v) is 5.37. The number of ether oxygens (including phenoxy) is 1. The van der Waals surface area contributed by atoms with Gasteiger partial charge in [-0.2, -0.15) is 0 Å². The summed E-state index contributed by atoms with van der Waals surface area (Å²) in [6.45, 7) is 7.94. The summed E-state index contributed by atoms with van der Waals surface area (Å²) in [5, 5.41) is 2.77. The first-order valence-electron chi connectivity index (χ1n) is 6.80. The van der Waals surface area contributed by atoms with Gasteiger partial charge in [-0.1, -0.05) is 19.9 Å². The summed E-state index contributed by atoms with van der Waals surface area (Å²) in [5.74, 6) is 0.0516. The number of benzene rings is 1. The molecule has 0 aliphatic rings. The molecule has 4 nitrogen and oxygen atoms in total. The molecule has 1 aromatic rings. The topological polar surface area (TPSA) is 64.3 Å². The lowest BCUT2D eigenvalue weighted by molar-refractivity contribution is -0.127. The molecular formula is C15H23FN2O2. The highest BCUT2D eigenvalue weighted by Crippen LogP contribution is 2.21. The number of halogens is 1. The molecule has 0 spiro atoms. The molecule has 5 heteroatoms. The van der Waals surface area contributed by atoms with E-state index in [2.05, 4.69) is 5.32 Å². The number of carbonyl (C=O) groups is 1. The van der Waals surface area contributed by atoms with Crippen LogP contribution in [0.4, 0.5) is 4.39 Å². The Labute approximate surface area is 119 Å². The lowest BCUT2D eigenvalue weighted by Gasteiger charge is -2.16. The molecule has 0 fully saturated rings. The Hall–Kier alpha value is -1.62. The Bertz CT molecular complexity index is 461. The van der Waals surface area contributed by atoms with Crippen molar-refractivity contribution < 1.29 is 13.9 Å². The van der Waals surface area contributed by atoms with Gasteiger partial charge in [0.2, 0.25) is 0 Å². The van der Waals surface area contributed by atoms with Crippen molar-refractivity contribution in [1.29, 1.82) is 0 Å². The average molecular weight is 282 g/mol. The summed E-state index contributed by atoms with van der Waals surface area (Å²) in [7, 11) is 0. The standard InChI is InChI=1S/C15H23FN2O2/c1-9(2)8-18-15(19)11(4)20-12-5-6-13(10(3)17)14(16)7-12/h5-7,9-11H,8,17H2,1-4H3,(H,18,19)/t10-,11?/m1/s1. The summed E-state index contributed by atoms with van der Waals surface area (Å²) in [5.41, 5.74) is 6.06. The van der Waals surface area contributed by atoms with Crippen molar-refractivity contribution in [2.24, 2.45) is 11.7 Å². The van der Waals surface area contributed by atoms with E-state index in [9.17, 15) is 9.18 Å². The van der Waals surface area contributed by atoms with Gasteiger partial charge >= 0.3 is 0 Å². The van der Waals surface area contributed by atoms with Crippen LogP contribution in [0.1, 0.15) is 39.3 Å². The normalized spacial score (nSPS) is 13.9. The third-order valence-electron chi connectivity index (χ3n) is 2.83. The highest BCUT2D eigenvalue weighted by Gasteiger charge is 2.16. The number of hydrogen-bond donors (Lipinski definition) is 2. The van der Waals surface area contributed by atoms with Crippen molar-refractivity contribution >= 4 is 5.91 Å². The molecule has 1 rings (SSSR count). The van der Waals surface area contributed by atoms with Gasteiger partial charge in [0.25, 0.3) is 5.91 Å². The molecule has 2 atom stereocenters. The number of nitrogens with two attached hydrogens (primary N) is 1. The lowest BCUT2D eigenvalue weighted by Crippen LogP contribution is -2.38. The highest BCUT2D eigenvalue weighted by molar-refractivity contribution is 5.80. The van der Waals surface area contributed by atoms with Gasteiger partial charge in [-0.3, -0.25) is 4.79 Å². The second-order valence-electron chi connectivity index (χ2n) is 5.37. The Kier molecular flexibility index (Phi) is 5.95. The first-order chi connectivity index (χ1) is 9.31. The summed E-state index contributed by atoms with van der Waals surface area (Å²) >= 11 is 0. The van der Waals surface area contributed by atoms with Crippen LogP contribution in [0.3, 0.4) is 0 Å². The van der Waals surface area contributed by atoms with Crippen molar-refractivity contribution in [3.05, 3.63) is 29.6 Å². The minimum absolute atomic E-state index is 0.213. The lowest BCUT2D eigenvalue weighted by atomic mass is 10.1. The molecule has 1 aromatic carbocycles. The van der Waals surface area contributed by atoms with Crippen LogP contribution >= 0.6 is 0 Å². The van der Waals surface area contributed by atoms with E-state index in [0.717, 1.165) is 0 Å². The number of amides is 1. The number of rotatable bonds is 6. The van der Waals surface area contributed by atoms with E-state index in [0.29, 0.717) is 23.8 Å². The van der Waals surface area contributed by atoms with Crippen LogP contribution in [0.15, 0.2) is 18.2 Å². The van der Waals surface area contributed by atoms with Crippen molar-refractivity contribution in [2.45, 2.75) is 39.8 Å². The Morgan fingerprint density at radius 1 is 1.35 bits per heavy atom. The van der Waals surface area contributed by atoms with Crippen molar-refractivity contribution in [2.75, 3.05) is 6.54 Å². The monoisotopic (exact) mass is 282 g/mol. The molecule has 1 unspecified atom stereocenters. The predicted octanol–water partition coefficient (Wildman–Crippen LogP) is 2.38. The largest absolute Gasteiger partial charge is 0.481 e. The van der Waals surface area contributed by atoms with E-state index in [1.165, 1.54) is 6.07 Å². The fourth-order valence-electron chi connectivity index (χ4n) is 1.66. The Morgan fingerprint density at radius 3 is 2.50 bits per heavy atom. The van der Waals surface area contributed by atoms with Crippen LogP contribution in [0.25, 0.3) is 0 Å². The van der Waals surface area contributed by atoms with Gasteiger partial charge in [0.05, 0.1) is 0 Å². The van der Waals surface area contributed by atoms with Crippen molar-refractivity contribution in [3.8, 4) is 5.75 Å². The molecule has 0 saturated carbocycles. The van der Waals surface area contributed by atoms with E-state index in [-0.39, 0.29) is 11.9 Å². The molecule has 0 aliphatic heterocycles. The van der Waals surface area contributed by atoms with Crippen molar-refractivity contribution in [3.63, 3.8) is 0 Å². The summed E-state index contributed by atoms with van der Waals surface area (Å²) in [4.78, 5) is 11.8. The maximum Gasteiger partial charge on any atom is 0.260 e. The van der Waals surface area contributed by atoms with Crippen LogP contribution in [0.2, 0.25) is 0 Å². The second kappa shape index (κ2) is 7.24. The third kappa shape index (κ3) is 4.81. The first-order valence-corrected chi connectivity index (χ1v) is 6.80. The van der Waals surface area contributed by atoms with Gasteiger partial charge < -0.3 is 15.8 Å². The van der Waals surface area contributed by atoms with Gasteiger partial charge in [-0.05, 0) is 25.8 Å². The van der Waals surface area contributed by atoms with E-state index in [4.69, 9.17) is 10.5 Å². The van der Waals surface area contributed by atoms with Gasteiger partial charge in [-0.25, -0.2) is 4.39 Å². The minimum Gasteiger partial charge on any atom is -0.481 e. The maximum absolute atomic E-state index is 13.7. The third-order valence-corrected chi connectivity index (χ3v) is 2.83. The van der Waals surface area contributed by atoms with Crippen LogP contribution in [-0.2, 0) is 4.79 Å². The van der Waals surface area contributed by atoms with E-state index in [1.807, 2.05) is 13.8 Å². The van der Waals surface area contributed by atoms with Crippen LogP contribution < -0.4 is 15.8 Å². The number of hydrogen-bond acceptors (Lipinski definition) is 3. The Balaban J connectivity index is 2.64. The smallest absolute Gasteiger partial charge is 0.260 e. The molecule has 0 aliphatic carbocycles. The molecule has 0 aromatic heterocycles. The quantitative estimate of drug-likeness (QED) is 0.842. The average Bonchev–Trinajstić information content (AvgIpc) is 2.35. The van der Waals surface area contributed by atoms with Crippen LogP contribution in [0, 0.1) is 11.7 Å². The molecule has 0 heterocycles. The zero-order valence-electron chi connectivity index (χ0n) is 12.4. The van der Waals surface area contributed by atoms with Gasteiger partial charge in [0.15, 0.2) is 6.10 Å². The minimum atomic E-state index is -0.672. The fraction of sp³-hybridized carbons (Fsp3) is 0.533. The summed E-state index contributed by atoms with van der Waals surface area (Å²) < 4.78 is 19.2. The maximum atomic E-state index is 13.7. The molecule has 0 radical (unpaired) electrons. The van der Waals surface area contributed by atoms with Crippen LogP contribution in [0.5, 0.6) is 5.75 Å². The summed E-state index contributed by atoms with van der Waals surface area (Å²) in [6.07, 6.45) is -0.672. The molecule has 3 N–H and O–H groups in total. The molecule has 112 valence electrons. The van der Waals surface area contributed by atoms with Crippen molar-refractivity contribution in [1.82, 2.24) is 5.32 Å². The van der Waals surface area contributed by atoms with E-state index in [1.54, 1.807) is 26.0 Å². The van der Waals surface area contributed by atoms with Gasteiger partial charge in [0, 0.05) is 24.2 Å². The van der Waals surface area contributed by atoms with E-state index < -0.39 is 11.9 Å². The van der Waals surface area contributed by atoms with Gasteiger partial charge in [-0.15, -0.1) is 0 Å². The number of carbonyl (C=O) groups excluding carboxylic acids is 1. The molecule has 20 heavy (non-hydrogen) atoms. The SMILES string of the molecule is CC(C)CNC(=O)C(C)Oc1ccc([C@@H](C)N)c(F)c1. The summed E-state index contributed by atoms with van der Waals surface area (Å²) in [6, 6.07) is 4.07. The zero-order chi connectivity index (χ0) is 15.3. The zero-order valence-corrected chi connectivity index (χ0v) is 12.4. The fourth-order valence-corrected chi connectivity index (χ4v) is 1.66. The molecular weight excluding hydrogens is 259 g/mol.